The number of alkyl halides is 1. The Bertz CT molecular complexity index is 512. The number of aliphatic hydroxyl groups excluding tert-OH is 1. The monoisotopic (exact) mass is 272 g/mol. The number of hydrogen-bond donors (Lipinski definition) is 1. The van der Waals surface area contributed by atoms with Gasteiger partial charge in [0.15, 0.2) is 0 Å². The first-order valence-electron chi connectivity index (χ1n) is 6.15. The molecule has 1 amide bonds. The fourth-order valence-electron chi connectivity index (χ4n) is 2.26. The number of aryl methyl sites for hydroxylation is 2. The number of aromatic nitrogens is 3. The van der Waals surface area contributed by atoms with Gasteiger partial charge in [-0.1, -0.05) is 0 Å². The molecule has 2 unspecified atom stereocenters. The van der Waals surface area contributed by atoms with Gasteiger partial charge in [0.2, 0.25) is 5.91 Å². The summed E-state index contributed by atoms with van der Waals surface area (Å²) in [6, 6.07) is -0.456. The lowest BCUT2D eigenvalue weighted by Crippen LogP contribution is -2.38. The second-order valence-electron chi connectivity index (χ2n) is 4.71. The summed E-state index contributed by atoms with van der Waals surface area (Å²) in [6.07, 6.45) is 0.529. The molecule has 0 aromatic carbocycles. The summed E-state index contributed by atoms with van der Waals surface area (Å²) in [7, 11) is 1.57. The summed E-state index contributed by atoms with van der Waals surface area (Å²) in [6.45, 7) is -0.0685. The minimum Gasteiger partial charge on any atom is -0.394 e. The number of hydrogen-bond acceptors (Lipinski definition) is 4. The molecule has 0 radical (unpaired) electrons. The standard InChI is InChI=1S/C11H17FN4O3/c1-14-7-13-16(11(14)19)3-2-10(18)15-5-8(12)4-9(15)6-17/h7-9,17H,2-6H2,1H3. The van der Waals surface area contributed by atoms with Crippen LogP contribution in [0.15, 0.2) is 11.1 Å². The van der Waals surface area contributed by atoms with Gasteiger partial charge in [0.1, 0.15) is 12.5 Å². The van der Waals surface area contributed by atoms with Crippen molar-refractivity contribution in [3.8, 4) is 0 Å². The molecule has 1 fully saturated rings. The van der Waals surface area contributed by atoms with Gasteiger partial charge < -0.3 is 10.0 Å². The van der Waals surface area contributed by atoms with E-state index < -0.39 is 12.2 Å². The molecule has 2 heterocycles. The van der Waals surface area contributed by atoms with Crippen LogP contribution in [0.25, 0.3) is 0 Å². The van der Waals surface area contributed by atoms with Gasteiger partial charge in [0, 0.05) is 19.9 Å². The third kappa shape index (κ3) is 2.83. The Labute approximate surface area is 109 Å². The molecule has 1 aromatic rings. The maximum atomic E-state index is 13.2. The van der Waals surface area contributed by atoms with E-state index in [0.717, 1.165) is 0 Å². The Kier molecular flexibility index (Phi) is 3.98. The maximum Gasteiger partial charge on any atom is 0.345 e. The Hall–Kier alpha value is -1.70. The number of halogens is 1. The predicted molar refractivity (Wildman–Crippen MR) is 64.2 cm³/mol. The average molecular weight is 272 g/mol. The number of rotatable bonds is 4. The van der Waals surface area contributed by atoms with Crippen LogP contribution in [0.4, 0.5) is 4.39 Å². The van der Waals surface area contributed by atoms with Crippen molar-refractivity contribution in [1.82, 2.24) is 19.2 Å². The molecule has 0 aliphatic carbocycles. The zero-order valence-electron chi connectivity index (χ0n) is 10.7. The number of nitrogens with zero attached hydrogens (tertiary/aromatic N) is 4. The maximum absolute atomic E-state index is 13.2. The third-order valence-corrected chi connectivity index (χ3v) is 3.32. The van der Waals surface area contributed by atoms with Gasteiger partial charge in [-0.25, -0.2) is 13.9 Å². The van der Waals surface area contributed by atoms with E-state index in [-0.39, 0.29) is 44.1 Å². The topological polar surface area (TPSA) is 80.4 Å². The molecule has 106 valence electrons. The Morgan fingerprint density at radius 1 is 1.63 bits per heavy atom. The van der Waals surface area contributed by atoms with E-state index in [1.807, 2.05) is 0 Å². The normalized spacial score (nSPS) is 23.0. The van der Waals surface area contributed by atoms with Gasteiger partial charge in [-0.15, -0.1) is 0 Å². The fraction of sp³-hybridized carbons (Fsp3) is 0.727. The van der Waals surface area contributed by atoms with Gasteiger partial charge in [-0.3, -0.25) is 9.36 Å². The lowest BCUT2D eigenvalue weighted by Gasteiger charge is -2.22. The lowest BCUT2D eigenvalue weighted by atomic mass is 10.2. The van der Waals surface area contributed by atoms with Gasteiger partial charge >= 0.3 is 5.69 Å². The van der Waals surface area contributed by atoms with Crippen LogP contribution in [0.5, 0.6) is 0 Å². The molecule has 1 aliphatic heterocycles. The summed E-state index contributed by atoms with van der Waals surface area (Å²) >= 11 is 0. The van der Waals surface area contributed by atoms with E-state index in [2.05, 4.69) is 5.10 Å². The van der Waals surface area contributed by atoms with Crippen molar-refractivity contribution in [2.45, 2.75) is 31.6 Å². The summed E-state index contributed by atoms with van der Waals surface area (Å²) in [4.78, 5) is 24.8. The van der Waals surface area contributed by atoms with E-state index in [4.69, 9.17) is 5.11 Å². The van der Waals surface area contributed by atoms with Crippen LogP contribution >= 0.6 is 0 Å². The van der Waals surface area contributed by atoms with Crippen LogP contribution in [-0.4, -0.2) is 55.6 Å². The molecule has 2 atom stereocenters. The zero-order valence-corrected chi connectivity index (χ0v) is 10.7. The molecular formula is C11H17FN4O3. The molecule has 1 N–H and O–H groups in total. The van der Waals surface area contributed by atoms with E-state index in [1.54, 1.807) is 7.05 Å². The minimum absolute atomic E-state index is 0.0151. The van der Waals surface area contributed by atoms with Crippen molar-refractivity contribution in [1.29, 1.82) is 0 Å². The molecule has 2 rings (SSSR count). The molecule has 1 aliphatic rings. The Morgan fingerprint density at radius 3 is 2.95 bits per heavy atom. The van der Waals surface area contributed by atoms with Crippen LogP contribution in [-0.2, 0) is 18.4 Å². The van der Waals surface area contributed by atoms with Crippen molar-refractivity contribution >= 4 is 5.91 Å². The van der Waals surface area contributed by atoms with E-state index >= 15 is 0 Å². The van der Waals surface area contributed by atoms with Crippen LogP contribution in [0.1, 0.15) is 12.8 Å². The number of carbonyl (C=O) groups excluding carboxylic acids is 1. The van der Waals surface area contributed by atoms with E-state index in [9.17, 15) is 14.0 Å². The van der Waals surface area contributed by atoms with Gasteiger partial charge in [0.25, 0.3) is 0 Å². The first-order chi connectivity index (χ1) is 9.02. The first-order valence-corrected chi connectivity index (χ1v) is 6.15. The van der Waals surface area contributed by atoms with Crippen molar-refractivity contribution in [2.75, 3.05) is 13.2 Å². The number of aliphatic hydroxyl groups is 1. The SMILES string of the molecule is Cn1cnn(CCC(=O)N2CC(F)CC2CO)c1=O. The van der Waals surface area contributed by atoms with Crippen LogP contribution in [0.2, 0.25) is 0 Å². The van der Waals surface area contributed by atoms with Crippen molar-refractivity contribution in [2.24, 2.45) is 7.05 Å². The molecular weight excluding hydrogens is 255 g/mol. The minimum atomic E-state index is -1.08. The molecule has 19 heavy (non-hydrogen) atoms. The molecule has 1 saturated heterocycles. The van der Waals surface area contributed by atoms with Crippen molar-refractivity contribution < 1.29 is 14.3 Å². The van der Waals surface area contributed by atoms with Gasteiger partial charge in [0.05, 0.1) is 25.7 Å². The fourth-order valence-corrected chi connectivity index (χ4v) is 2.26. The highest BCUT2D eigenvalue weighted by Gasteiger charge is 2.34. The summed E-state index contributed by atoms with van der Waals surface area (Å²) < 4.78 is 15.7. The van der Waals surface area contributed by atoms with Crippen LogP contribution in [0, 0.1) is 0 Å². The second kappa shape index (κ2) is 5.52. The smallest absolute Gasteiger partial charge is 0.345 e. The molecule has 0 saturated carbocycles. The van der Waals surface area contributed by atoms with E-state index in [1.165, 1.54) is 20.5 Å². The molecule has 0 spiro atoms. The highest BCUT2D eigenvalue weighted by atomic mass is 19.1. The average Bonchev–Trinajstić information content (AvgIpc) is 2.92. The van der Waals surface area contributed by atoms with E-state index in [0.29, 0.717) is 0 Å². The highest BCUT2D eigenvalue weighted by Crippen LogP contribution is 2.20. The largest absolute Gasteiger partial charge is 0.394 e. The Balaban J connectivity index is 1.94. The van der Waals surface area contributed by atoms with Crippen molar-refractivity contribution in [3.05, 3.63) is 16.8 Å². The molecule has 7 nitrogen and oxygen atoms in total. The summed E-state index contributed by atoms with van der Waals surface area (Å²) in [5.74, 6) is -0.267. The Morgan fingerprint density at radius 2 is 2.37 bits per heavy atom. The van der Waals surface area contributed by atoms with Gasteiger partial charge in [-0.05, 0) is 0 Å². The first kappa shape index (κ1) is 13.7. The molecule has 1 aromatic heterocycles. The molecule has 8 heteroatoms. The zero-order chi connectivity index (χ0) is 14.0. The second-order valence-corrected chi connectivity index (χ2v) is 4.71. The number of likely N-dealkylation sites (tertiary alicyclic amines) is 1. The van der Waals surface area contributed by atoms with Crippen LogP contribution < -0.4 is 5.69 Å². The van der Waals surface area contributed by atoms with Crippen molar-refractivity contribution in [3.63, 3.8) is 0 Å². The molecule has 0 bridgehead atoms. The van der Waals surface area contributed by atoms with Gasteiger partial charge in [-0.2, -0.15) is 5.10 Å². The third-order valence-electron chi connectivity index (χ3n) is 3.32. The quantitative estimate of drug-likeness (QED) is 0.754. The summed E-state index contributed by atoms with van der Waals surface area (Å²) in [5, 5.41) is 12.9. The highest BCUT2D eigenvalue weighted by molar-refractivity contribution is 5.76. The summed E-state index contributed by atoms with van der Waals surface area (Å²) in [5.41, 5.74) is -0.295. The van der Waals surface area contributed by atoms with Crippen LogP contribution in [0.3, 0.4) is 0 Å². The number of amides is 1. The number of carbonyl (C=O) groups is 1. The lowest BCUT2D eigenvalue weighted by molar-refractivity contribution is -0.133. The predicted octanol–water partition coefficient (Wildman–Crippen LogP) is -1.10.